The number of pyridine rings is 1. The Morgan fingerprint density at radius 2 is 2.21 bits per heavy atom. The lowest BCUT2D eigenvalue weighted by molar-refractivity contribution is 0.173. The van der Waals surface area contributed by atoms with E-state index in [1.807, 2.05) is 19.1 Å². The Balaban J connectivity index is 2.59. The number of nitrogens with one attached hydrogen (secondary N) is 1. The van der Waals surface area contributed by atoms with Gasteiger partial charge in [0.2, 0.25) is 0 Å². The lowest BCUT2D eigenvalue weighted by Gasteiger charge is -2.08. The lowest BCUT2D eigenvalue weighted by Crippen LogP contribution is -2.03. The molecule has 1 aromatic rings. The molecular weight excluding hydrogens is 176 g/mol. The van der Waals surface area contributed by atoms with Crippen molar-refractivity contribution in [2.75, 3.05) is 11.9 Å². The summed E-state index contributed by atoms with van der Waals surface area (Å²) in [5.74, 6) is 0.874. The maximum atomic E-state index is 9.54. The largest absolute Gasteiger partial charge is 0.388 e. The first-order valence-electron chi connectivity index (χ1n) is 5.15. The van der Waals surface area contributed by atoms with Crippen LogP contribution in [0.25, 0.3) is 0 Å². The van der Waals surface area contributed by atoms with Crippen molar-refractivity contribution >= 4 is 5.82 Å². The second-order valence-corrected chi connectivity index (χ2v) is 3.33. The topological polar surface area (TPSA) is 45.1 Å². The highest BCUT2D eigenvalue weighted by Gasteiger charge is 2.04. The van der Waals surface area contributed by atoms with E-state index in [9.17, 15) is 5.11 Å². The molecule has 1 rings (SSSR count). The summed E-state index contributed by atoms with van der Waals surface area (Å²) in [4.78, 5) is 4.21. The average molecular weight is 194 g/mol. The molecule has 0 bridgehead atoms. The van der Waals surface area contributed by atoms with E-state index in [0.717, 1.165) is 30.8 Å². The van der Waals surface area contributed by atoms with Crippen LogP contribution in [0.15, 0.2) is 18.3 Å². The predicted octanol–water partition coefficient (Wildman–Crippen LogP) is 2.35. The zero-order chi connectivity index (χ0) is 10.4. The van der Waals surface area contributed by atoms with Crippen LogP contribution in [0.4, 0.5) is 5.82 Å². The van der Waals surface area contributed by atoms with Crippen LogP contribution in [0.5, 0.6) is 0 Å². The minimum absolute atomic E-state index is 0.386. The van der Waals surface area contributed by atoms with Crippen LogP contribution in [0.2, 0.25) is 0 Å². The monoisotopic (exact) mass is 194 g/mol. The molecule has 0 amide bonds. The van der Waals surface area contributed by atoms with Gasteiger partial charge in [-0.1, -0.05) is 19.9 Å². The molecule has 0 aromatic carbocycles. The molecule has 1 heterocycles. The summed E-state index contributed by atoms with van der Waals surface area (Å²) in [6.07, 6.45) is 3.15. The number of rotatable bonds is 5. The highest BCUT2D eigenvalue weighted by atomic mass is 16.3. The molecule has 0 spiro atoms. The molecule has 0 aliphatic carbocycles. The fraction of sp³-hybridized carbons (Fsp3) is 0.545. The molecule has 0 saturated heterocycles. The number of hydrogen-bond donors (Lipinski definition) is 2. The van der Waals surface area contributed by atoms with Gasteiger partial charge in [-0.25, -0.2) is 4.98 Å². The SMILES string of the molecule is CCCNc1ccc([C@@H](O)CC)cn1. The lowest BCUT2D eigenvalue weighted by atomic mass is 10.1. The molecule has 0 unspecified atom stereocenters. The van der Waals surface area contributed by atoms with Gasteiger partial charge in [0.25, 0.3) is 0 Å². The van der Waals surface area contributed by atoms with Gasteiger partial charge in [-0.15, -0.1) is 0 Å². The molecule has 78 valence electrons. The van der Waals surface area contributed by atoms with Gasteiger partial charge in [-0.05, 0) is 24.5 Å². The Morgan fingerprint density at radius 3 is 2.71 bits per heavy atom. The van der Waals surface area contributed by atoms with E-state index < -0.39 is 0 Å². The Morgan fingerprint density at radius 1 is 1.43 bits per heavy atom. The Labute approximate surface area is 85.2 Å². The maximum Gasteiger partial charge on any atom is 0.125 e. The molecule has 1 atom stereocenters. The quantitative estimate of drug-likeness (QED) is 0.756. The zero-order valence-corrected chi connectivity index (χ0v) is 8.83. The van der Waals surface area contributed by atoms with Gasteiger partial charge >= 0.3 is 0 Å². The Bertz CT molecular complexity index is 258. The summed E-state index contributed by atoms with van der Waals surface area (Å²) >= 11 is 0. The van der Waals surface area contributed by atoms with Crippen molar-refractivity contribution < 1.29 is 5.11 Å². The number of hydrogen-bond acceptors (Lipinski definition) is 3. The molecule has 0 fully saturated rings. The summed E-state index contributed by atoms with van der Waals surface area (Å²) in [5.41, 5.74) is 0.884. The van der Waals surface area contributed by atoms with Gasteiger partial charge in [0, 0.05) is 12.7 Å². The molecule has 0 aliphatic heterocycles. The standard InChI is InChI=1S/C11H18N2O/c1-3-7-12-11-6-5-9(8-13-11)10(14)4-2/h5-6,8,10,14H,3-4,7H2,1-2H3,(H,12,13)/t10-/m0/s1. The van der Waals surface area contributed by atoms with Gasteiger partial charge < -0.3 is 10.4 Å². The van der Waals surface area contributed by atoms with E-state index in [1.165, 1.54) is 0 Å². The molecule has 14 heavy (non-hydrogen) atoms. The normalized spacial score (nSPS) is 12.5. The number of aromatic nitrogens is 1. The van der Waals surface area contributed by atoms with E-state index in [1.54, 1.807) is 6.20 Å². The van der Waals surface area contributed by atoms with Crippen molar-refractivity contribution in [3.8, 4) is 0 Å². The van der Waals surface area contributed by atoms with E-state index in [0.29, 0.717) is 0 Å². The number of aliphatic hydroxyl groups excluding tert-OH is 1. The first-order valence-corrected chi connectivity index (χ1v) is 5.15. The van der Waals surface area contributed by atoms with E-state index in [2.05, 4.69) is 17.2 Å². The summed E-state index contributed by atoms with van der Waals surface area (Å²) in [7, 11) is 0. The molecule has 0 radical (unpaired) electrons. The van der Waals surface area contributed by atoms with Crippen molar-refractivity contribution in [2.45, 2.75) is 32.8 Å². The van der Waals surface area contributed by atoms with Gasteiger partial charge in [-0.2, -0.15) is 0 Å². The van der Waals surface area contributed by atoms with Crippen LogP contribution in [0.1, 0.15) is 38.4 Å². The van der Waals surface area contributed by atoms with Crippen molar-refractivity contribution in [1.29, 1.82) is 0 Å². The van der Waals surface area contributed by atoms with E-state index in [4.69, 9.17) is 0 Å². The summed E-state index contributed by atoms with van der Waals surface area (Å²) in [6, 6.07) is 3.82. The van der Waals surface area contributed by atoms with Gasteiger partial charge in [0.1, 0.15) is 5.82 Å². The third-order valence-corrected chi connectivity index (χ3v) is 2.11. The fourth-order valence-electron chi connectivity index (χ4n) is 1.20. The van der Waals surface area contributed by atoms with Crippen molar-refractivity contribution in [3.05, 3.63) is 23.9 Å². The minimum atomic E-state index is -0.386. The summed E-state index contributed by atoms with van der Waals surface area (Å²) < 4.78 is 0. The summed E-state index contributed by atoms with van der Waals surface area (Å²) in [6.45, 7) is 5.00. The Hall–Kier alpha value is -1.09. The third-order valence-electron chi connectivity index (χ3n) is 2.11. The third kappa shape index (κ3) is 3.00. The van der Waals surface area contributed by atoms with Crippen LogP contribution in [0.3, 0.4) is 0 Å². The van der Waals surface area contributed by atoms with Gasteiger partial charge in [0.15, 0.2) is 0 Å². The van der Waals surface area contributed by atoms with Gasteiger partial charge in [-0.3, -0.25) is 0 Å². The minimum Gasteiger partial charge on any atom is -0.388 e. The highest BCUT2D eigenvalue weighted by molar-refractivity contribution is 5.35. The van der Waals surface area contributed by atoms with E-state index >= 15 is 0 Å². The molecule has 0 aliphatic rings. The van der Waals surface area contributed by atoms with Crippen LogP contribution < -0.4 is 5.32 Å². The van der Waals surface area contributed by atoms with Gasteiger partial charge in [0.05, 0.1) is 6.10 Å². The van der Waals surface area contributed by atoms with Crippen molar-refractivity contribution in [2.24, 2.45) is 0 Å². The average Bonchev–Trinajstić information content (AvgIpc) is 2.26. The highest BCUT2D eigenvalue weighted by Crippen LogP contribution is 2.16. The Kier molecular flexibility index (Phi) is 4.40. The second kappa shape index (κ2) is 5.60. The summed E-state index contributed by atoms with van der Waals surface area (Å²) in [5, 5.41) is 12.7. The number of nitrogens with zero attached hydrogens (tertiary/aromatic N) is 1. The van der Waals surface area contributed by atoms with E-state index in [-0.39, 0.29) is 6.10 Å². The first kappa shape index (κ1) is 11.0. The molecule has 3 nitrogen and oxygen atoms in total. The molecular formula is C11H18N2O. The van der Waals surface area contributed by atoms with Crippen LogP contribution in [-0.2, 0) is 0 Å². The molecule has 2 N–H and O–H groups in total. The fourth-order valence-corrected chi connectivity index (χ4v) is 1.20. The number of anilines is 1. The van der Waals surface area contributed by atoms with Crippen LogP contribution in [0, 0.1) is 0 Å². The maximum absolute atomic E-state index is 9.54. The van der Waals surface area contributed by atoms with Crippen LogP contribution in [-0.4, -0.2) is 16.6 Å². The number of aliphatic hydroxyl groups is 1. The molecule has 3 heteroatoms. The van der Waals surface area contributed by atoms with Crippen molar-refractivity contribution in [3.63, 3.8) is 0 Å². The predicted molar refractivity (Wildman–Crippen MR) is 58.3 cm³/mol. The second-order valence-electron chi connectivity index (χ2n) is 3.33. The smallest absolute Gasteiger partial charge is 0.125 e. The first-order chi connectivity index (χ1) is 6.77. The zero-order valence-electron chi connectivity index (χ0n) is 8.83. The van der Waals surface area contributed by atoms with Crippen LogP contribution >= 0.6 is 0 Å². The molecule has 0 saturated carbocycles. The van der Waals surface area contributed by atoms with Crippen molar-refractivity contribution in [1.82, 2.24) is 4.98 Å². The molecule has 1 aromatic heterocycles.